The van der Waals surface area contributed by atoms with Crippen LogP contribution in [0.15, 0.2) is 237 Å². The second-order valence-corrected chi connectivity index (χ2v) is 16.5. The van der Waals surface area contributed by atoms with Crippen LogP contribution in [0.5, 0.6) is 0 Å². The summed E-state index contributed by atoms with van der Waals surface area (Å²) in [6, 6.07) is 78.4. The van der Waals surface area contributed by atoms with E-state index in [1.807, 2.05) is 42.7 Å². The molecule has 0 aliphatic carbocycles. The molecule has 12 aromatic rings. The lowest BCUT2D eigenvalue weighted by Crippen LogP contribution is -1.96. The van der Waals surface area contributed by atoms with Gasteiger partial charge in [-0.15, -0.1) is 0 Å². The number of fused-ring (bicyclic) bond motifs is 4. The topological polar surface area (TPSA) is 64.5 Å². The van der Waals surface area contributed by atoms with E-state index < -0.39 is 0 Å². The molecule has 12 rings (SSSR count). The van der Waals surface area contributed by atoms with Crippen LogP contribution in [-0.4, -0.2) is 24.9 Å². The molecule has 0 fully saturated rings. The minimum atomic E-state index is 0.666. The maximum absolute atomic E-state index is 5.30. The quantitative estimate of drug-likeness (QED) is 0.143. The zero-order valence-electron chi connectivity index (χ0n) is 35.8. The van der Waals surface area contributed by atoms with Gasteiger partial charge in [0.15, 0.2) is 5.82 Å². The zero-order valence-corrected chi connectivity index (χ0v) is 35.8. The fraction of sp³-hybridized carbons (Fsp3) is 0. The van der Waals surface area contributed by atoms with E-state index in [1.165, 1.54) is 0 Å². The number of nitrogens with zero attached hydrogens (tertiary/aromatic N) is 5. The number of aromatic nitrogens is 5. The van der Waals surface area contributed by atoms with Crippen molar-refractivity contribution in [1.82, 2.24) is 24.9 Å². The number of hydrogen-bond acceptors (Lipinski definition) is 5. The summed E-state index contributed by atoms with van der Waals surface area (Å²) in [6.07, 6.45) is 3.77. The van der Waals surface area contributed by atoms with Gasteiger partial charge in [0.1, 0.15) is 0 Å². The van der Waals surface area contributed by atoms with Crippen LogP contribution in [0.4, 0.5) is 0 Å². The number of hydrogen-bond donors (Lipinski definition) is 0. The predicted octanol–water partition coefficient (Wildman–Crippen LogP) is 15.5. The number of rotatable bonds is 8. The molecule has 0 aliphatic heterocycles. The third-order valence-corrected chi connectivity index (χ3v) is 12.4. The van der Waals surface area contributed by atoms with Crippen LogP contribution in [-0.2, 0) is 0 Å². The van der Waals surface area contributed by atoms with Gasteiger partial charge in [-0.1, -0.05) is 188 Å². The lowest BCUT2D eigenvalue weighted by Gasteiger charge is -2.14. The molecule has 5 nitrogen and oxygen atoms in total. The van der Waals surface area contributed by atoms with Gasteiger partial charge in [0.25, 0.3) is 0 Å². The van der Waals surface area contributed by atoms with Gasteiger partial charge < -0.3 is 0 Å². The van der Waals surface area contributed by atoms with E-state index in [9.17, 15) is 0 Å². The number of pyridine rings is 3. The highest BCUT2D eigenvalue weighted by molar-refractivity contribution is 6.10. The summed E-state index contributed by atoms with van der Waals surface area (Å²) in [7, 11) is 0. The van der Waals surface area contributed by atoms with Crippen molar-refractivity contribution in [3.8, 4) is 89.8 Å². The molecule has 0 spiro atoms. The summed E-state index contributed by atoms with van der Waals surface area (Å²) in [4.78, 5) is 25.3. The minimum absolute atomic E-state index is 0.666. The third-order valence-electron chi connectivity index (χ3n) is 12.4. The molecule has 0 unspecified atom stereocenters. The highest BCUT2D eigenvalue weighted by atomic mass is 14.9. The molecule has 8 aromatic carbocycles. The molecule has 0 amide bonds. The van der Waals surface area contributed by atoms with Crippen molar-refractivity contribution in [2.75, 3.05) is 0 Å². The Morgan fingerprint density at radius 3 is 1.56 bits per heavy atom. The van der Waals surface area contributed by atoms with Crippen LogP contribution in [0.25, 0.3) is 122 Å². The minimum Gasteiger partial charge on any atom is -0.264 e. The monoisotopic (exact) mass is 841 g/mol. The largest absolute Gasteiger partial charge is 0.264 e. The van der Waals surface area contributed by atoms with Crippen molar-refractivity contribution in [2.45, 2.75) is 0 Å². The summed E-state index contributed by atoms with van der Waals surface area (Å²) in [5.41, 5.74) is 17.1. The van der Waals surface area contributed by atoms with Crippen molar-refractivity contribution in [3.63, 3.8) is 0 Å². The Bertz CT molecular complexity index is 3730. The molecular weight excluding hydrogens is 803 g/mol. The van der Waals surface area contributed by atoms with Gasteiger partial charge in [0, 0.05) is 56.4 Å². The van der Waals surface area contributed by atoms with Gasteiger partial charge in [-0.05, 0) is 75.2 Å². The smallest absolute Gasteiger partial charge is 0.160 e. The van der Waals surface area contributed by atoms with Crippen molar-refractivity contribution >= 4 is 32.6 Å². The summed E-state index contributed by atoms with van der Waals surface area (Å²) in [6.45, 7) is 0. The first kappa shape index (κ1) is 38.7. The van der Waals surface area contributed by atoms with Gasteiger partial charge in [-0.2, -0.15) is 0 Å². The molecule has 0 aliphatic rings. The van der Waals surface area contributed by atoms with Crippen LogP contribution < -0.4 is 0 Å². The van der Waals surface area contributed by atoms with E-state index in [4.69, 9.17) is 19.9 Å². The van der Waals surface area contributed by atoms with Crippen LogP contribution in [0, 0.1) is 0 Å². The van der Waals surface area contributed by atoms with Crippen molar-refractivity contribution in [3.05, 3.63) is 237 Å². The van der Waals surface area contributed by atoms with Crippen LogP contribution in [0.3, 0.4) is 0 Å². The Labute approximate surface area is 382 Å². The van der Waals surface area contributed by atoms with Gasteiger partial charge in [-0.25, -0.2) is 19.9 Å². The summed E-state index contributed by atoms with van der Waals surface area (Å²) < 4.78 is 0. The van der Waals surface area contributed by atoms with E-state index >= 15 is 0 Å². The Morgan fingerprint density at radius 1 is 0.258 bits per heavy atom. The molecule has 66 heavy (non-hydrogen) atoms. The Balaban J connectivity index is 0.934. The van der Waals surface area contributed by atoms with Gasteiger partial charge >= 0.3 is 0 Å². The first-order chi connectivity index (χ1) is 32.7. The van der Waals surface area contributed by atoms with Crippen LogP contribution in [0.1, 0.15) is 0 Å². The Morgan fingerprint density at radius 2 is 0.818 bits per heavy atom. The van der Waals surface area contributed by atoms with Crippen molar-refractivity contribution in [1.29, 1.82) is 0 Å². The average molecular weight is 842 g/mol. The third kappa shape index (κ3) is 7.34. The molecule has 0 N–H and O–H groups in total. The molecule has 0 radical (unpaired) electrons. The molecule has 0 atom stereocenters. The molecule has 0 saturated carbocycles. The molecule has 0 saturated heterocycles. The summed E-state index contributed by atoms with van der Waals surface area (Å²) >= 11 is 0. The van der Waals surface area contributed by atoms with E-state index in [0.29, 0.717) is 5.82 Å². The fourth-order valence-electron chi connectivity index (χ4n) is 9.02. The van der Waals surface area contributed by atoms with E-state index in [-0.39, 0.29) is 0 Å². The van der Waals surface area contributed by atoms with Crippen molar-refractivity contribution < 1.29 is 0 Å². The number of benzene rings is 8. The zero-order chi connectivity index (χ0) is 43.8. The fourth-order valence-corrected chi connectivity index (χ4v) is 9.02. The second kappa shape index (κ2) is 16.6. The first-order valence-electron chi connectivity index (χ1n) is 22.1. The molecule has 5 heteroatoms. The maximum Gasteiger partial charge on any atom is 0.160 e. The van der Waals surface area contributed by atoms with E-state index in [1.54, 1.807) is 0 Å². The molecule has 4 heterocycles. The first-order valence-corrected chi connectivity index (χ1v) is 22.1. The Hall–Kier alpha value is -8.93. The molecule has 308 valence electrons. The van der Waals surface area contributed by atoms with Gasteiger partial charge in [0.2, 0.25) is 0 Å². The van der Waals surface area contributed by atoms with E-state index in [0.717, 1.165) is 117 Å². The van der Waals surface area contributed by atoms with Gasteiger partial charge in [-0.3, -0.25) is 4.98 Å². The maximum atomic E-state index is 5.30. The molecule has 4 aromatic heterocycles. The lowest BCUT2D eigenvalue weighted by molar-refractivity contribution is 1.18. The highest BCUT2D eigenvalue weighted by Gasteiger charge is 2.16. The van der Waals surface area contributed by atoms with Gasteiger partial charge in [0.05, 0.1) is 33.8 Å². The lowest BCUT2D eigenvalue weighted by atomic mass is 9.95. The summed E-state index contributed by atoms with van der Waals surface area (Å²) in [5, 5.41) is 4.38. The SMILES string of the molecule is c1ccc(-c2cc(-c3cccc(-c4cccc5cnccc45)c3)nc(-c3cccc(-c4ccc(-c5cc(-c6ccccc6)nc6c5ccc5ccc(-c7ccccc7)nc56)cc4)c3)n2)cc1. The predicted molar refractivity (Wildman–Crippen MR) is 271 cm³/mol. The highest BCUT2D eigenvalue weighted by Crippen LogP contribution is 2.38. The van der Waals surface area contributed by atoms with Crippen molar-refractivity contribution in [2.24, 2.45) is 0 Å². The molecular formula is C61H39N5. The van der Waals surface area contributed by atoms with E-state index in [2.05, 4.69) is 199 Å². The van der Waals surface area contributed by atoms with Crippen LogP contribution >= 0.6 is 0 Å². The molecule has 0 bridgehead atoms. The second-order valence-electron chi connectivity index (χ2n) is 16.5. The standard InChI is InChI=1S/C61H39N5/c1-4-13-42(14-5-1)55-32-30-45-29-31-53-54(37-56(43-15-6-2-7-16-43)64-60(53)59(45)63-55)41-27-25-40(26-28-41)46-19-10-22-49(35-46)61-65-57(44-17-8-3-9-18-44)38-58(66-61)48-21-11-20-47(36-48)51-24-12-23-50-39-62-34-33-52(50)51/h1-39H. The van der Waals surface area contributed by atoms with Crippen LogP contribution in [0.2, 0.25) is 0 Å². The summed E-state index contributed by atoms with van der Waals surface area (Å²) in [5.74, 6) is 0.666. The normalized spacial score (nSPS) is 11.3. The Kier molecular flexibility index (Phi) is 9.77. The average Bonchev–Trinajstić information content (AvgIpc) is 3.41.